The highest BCUT2D eigenvalue weighted by Gasteiger charge is 2.50. The van der Waals surface area contributed by atoms with Crippen molar-refractivity contribution >= 4 is 0 Å². The van der Waals surface area contributed by atoms with E-state index < -0.39 is 0 Å². The first-order valence-corrected chi connectivity index (χ1v) is 14.9. The van der Waals surface area contributed by atoms with E-state index in [4.69, 9.17) is 14.2 Å². The first-order valence-electron chi connectivity index (χ1n) is 14.9. The van der Waals surface area contributed by atoms with Crippen LogP contribution in [0.3, 0.4) is 0 Å². The van der Waals surface area contributed by atoms with E-state index in [1.807, 2.05) is 0 Å². The van der Waals surface area contributed by atoms with Gasteiger partial charge in [-0.05, 0) is 48.0 Å². The molecule has 6 heterocycles. The highest BCUT2D eigenvalue weighted by atomic mass is 16.5. The highest BCUT2D eigenvalue weighted by Crippen LogP contribution is 2.35. The van der Waals surface area contributed by atoms with Crippen molar-refractivity contribution in [1.82, 2.24) is 29.4 Å². The summed E-state index contributed by atoms with van der Waals surface area (Å²) in [6.45, 7) is 19.4. The molecule has 6 fully saturated rings. The second kappa shape index (κ2) is 10.9. The van der Waals surface area contributed by atoms with Crippen molar-refractivity contribution in [2.24, 2.45) is 5.92 Å². The molecule has 9 nitrogen and oxygen atoms in total. The Morgan fingerprint density at radius 1 is 0.730 bits per heavy atom. The van der Waals surface area contributed by atoms with Crippen LogP contribution in [0.4, 0.5) is 0 Å². The normalized spacial score (nSPS) is 42.4. The Kier molecular flexibility index (Phi) is 7.91. The first-order chi connectivity index (χ1) is 17.8. The molecule has 6 unspecified atom stereocenters. The largest absolute Gasteiger partial charge is 0.378 e. The number of likely N-dealkylation sites (N-methyl/N-ethyl adjacent to an activating group) is 2. The van der Waals surface area contributed by atoms with E-state index in [0.29, 0.717) is 42.2 Å². The zero-order chi connectivity index (χ0) is 25.7. The van der Waals surface area contributed by atoms with E-state index in [1.165, 1.54) is 19.5 Å². The number of hydrogen-bond acceptors (Lipinski definition) is 9. The SMILES string of the molecule is CC1CN(C2CCN(C)CC2C2CN(C)C(C3CN(C4(C)COC4)CCN3C)CN2C2COC2)CCO1. The van der Waals surface area contributed by atoms with Gasteiger partial charge in [-0.3, -0.25) is 24.5 Å². The van der Waals surface area contributed by atoms with Crippen LogP contribution in [0.15, 0.2) is 0 Å². The Balaban J connectivity index is 1.22. The van der Waals surface area contributed by atoms with Crippen LogP contribution in [0.25, 0.3) is 0 Å². The van der Waals surface area contributed by atoms with Gasteiger partial charge in [-0.25, -0.2) is 0 Å². The number of piperazine rings is 2. The van der Waals surface area contributed by atoms with Crippen LogP contribution in [-0.4, -0.2) is 184 Å². The van der Waals surface area contributed by atoms with E-state index in [1.54, 1.807) is 0 Å². The molecule has 0 amide bonds. The van der Waals surface area contributed by atoms with Crippen LogP contribution >= 0.6 is 0 Å². The van der Waals surface area contributed by atoms with Crippen molar-refractivity contribution in [3.63, 3.8) is 0 Å². The van der Waals surface area contributed by atoms with Crippen molar-refractivity contribution in [2.45, 2.75) is 62.1 Å². The van der Waals surface area contributed by atoms with Crippen molar-refractivity contribution in [1.29, 1.82) is 0 Å². The Morgan fingerprint density at radius 2 is 1.51 bits per heavy atom. The van der Waals surface area contributed by atoms with Gasteiger partial charge in [-0.2, -0.15) is 0 Å². The fourth-order valence-corrected chi connectivity index (χ4v) is 8.16. The van der Waals surface area contributed by atoms with Gasteiger partial charge >= 0.3 is 0 Å². The summed E-state index contributed by atoms with van der Waals surface area (Å²) >= 11 is 0. The molecule has 6 aliphatic rings. The molecule has 6 saturated heterocycles. The maximum atomic E-state index is 5.94. The van der Waals surface area contributed by atoms with Crippen molar-refractivity contribution < 1.29 is 14.2 Å². The molecule has 9 heteroatoms. The van der Waals surface area contributed by atoms with Gasteiger partial charge in [0.15, 0.2) is 0 Å². The first kappa shape index (κ1) is 26.8. The van der Waals surface area contributed by atoms with Gasteiger partial charge in [0.1, 0.15) is 0 Å². The molecular weight excluding hydrogens is 468 g/mol. The number of piperidine rings is 1. The average molecular weight is 521 g/mol. The van der Waals surface area contributed by atoms with Gasteiger partial charge < -0.3 is 19.1 Å². The molecular formula is C28H52N6O3. The summed E-state index contributed by atoms with van der Waals surface area (Å²) in [6.07, 6.45) is 1.62. The number of hydrogen-bond donors (Lipinski definition) is 0. The zero-order valence-corrected chi connectivity index (χ0v) is 24.1. The zero-order valence-electron chi connectivity index (χ0n) is 24.1. The quantitative estimate of drug-likeness (QED) is 0.491. The predicted molar refractivity (Wildman–Crippen MR) is 145 cm³/mol. The number of rotatable bonds is 5. The molecule has 0 aliphatic carbocycles. The molecule has 0 saturated carbocycles. The van der Waals surface area contributed by atoms with Gasteiger partial charge in [-0.15, -0.1) is 0 Å². The van der Waals surface area contributed by atoms with Crippen LogP contribution in [0, 0.1) is 5.92 Å². The number of likely N-dealkylation sites (tertiary alicyclic amines) is 1. The Hall–Kier alpha value is -0.360. The molecule has 0 aromatic carbocycles. The van der Waals surface area contributed by atoms with Crippen LogP contribution < -0.4 is 0 Å². The average Bonchev–Trinajstić information content (AvgIpc) is 2.83. The van der Waals surface area contributed by atoms with Crippen LogP contribution in [-0.2, 0) is 14.2 Å². The lowest BCUT2D eigenvalue weighted by Gasteiger charge is -2.59. The fourth-order valence-electron chi connectivity index (χ4n) is 8.16. The summed E-state index contributed by atoms with van der Waals surface area (Å²) in [6, 6.07) is 2.87. The van der Waals surface area contributed by atoms with Crippen molar-refractivity contribution in [2.75, 3.05) is 113 Å². The minimum absolute atomic E-state index is 0.228. The highest BCUT2D eigenvalue weighted by molar-refractivity contribution is 5.06. The van der Waals surface area contributed by atoms with E-state index in [0.717, 1.165) is 78.8 Å². The van der Waals surface area contributed by atoms with Gasteiger partial charge in [-0.1, -0.05) is 0 Å². The summed E-state index contributed by atoms with van der Waals surface area (Å²) in [5.41, 5.74) is 0.228. The summed E-state index contributed by atoms with van der Waals surface area (Å²) in [7, 11) is 7.09. The fraction of sp³-hybridized carbons (Fsp3) is 1.00. The van der Waals surface area contributed by atoms with E-state index in [-0.39, 0.29) is 5.54 Å². The molecule has 0 N–H and O–H groups in total. The second-order valence-corrected chi connectivity index (χ2v) is 13.4. The lowest BCUT2D eigenvalue weighted by molar-refractivity contribution is -0.161. The van der Waals surface area contributed by atoms with Gasteiger partial charge in [0.05, 0.1) is 50.7 Å². The molecule has 212 valence electrons. The third-order valence-corrected chi connectivity index (χ3v) is 10.7. The topological polar surface area (TPSA) is 47.1 Å². The van der Waals surface area contributed by atoms with E-state index >= 15 is 0 Å². The molecule has 0 spiro atoms. The van der Waals surface area contributed by atoms with Crippen LogP contribution in [0.2, 0.25) is 0 Å². The van der Waals surface area contributed by atoms with Gasteiger partial charge in [0.2, 0.25) is 0 Å². The van der Waals surface area contributed by atoms with Crippen molar-refractivity contribution in [3.8, 4) is 0 Å². The summed E-state index contributed by atoms with van der Waals surface area (Å²) in [5.74, 6) is 0.652. The Morgan fingerprint density at radius 3 is 2.19 bits per heavy atom. The minimum atomic E-state index is 0.228. The monoisotopic (exact) mass is 520 g/mol. The predicted octanol–water partition coefficient (Wildman–Crippen LogP) is -0.184. The van der Waals surface area contributed by atoms with Crippen LogP contribution in [0.5, 0.6) is 0 Å². The minimum Gasteiger partial charge on any atom is -0.378 e. The molecule has 6 rings (SSSR count). The Labute approximate surface area is 224 Å². The van der Waals surface area contributed by atoms with Crippen LogP contribution in [0.1, 0.15) is 20.3 Å². The molecule has 0 aromatic heterocycles. The van der Waals surface area contributed by atoms with Gasteiger partial charge in [0, 0.05) is 82.4 Å². The number of ether oxygens (including phenoxy) is 3. The third-order valence-electron chi connectivity index (χ3n) is 10.7. The molecule has 0 aromatic rings. The standard InChI is InChI=1S/C28H52N6O3/c1-21-12-32(10-11-37-21)24-6-7-29(3)13-23(24)25-14-31(5)27(16-34(25)22-17-35-18-22)26-15-33(9-8-30(26)4)28(2)19-36-20-28/h21-27H,6-20H2,1-5H3. The summed E-state index contributed by atoms with van der Waals surface area (Å²) < 4.78 is 17.4. The van der Waals surface area contributed by atoms with Crippen molar-refractivity contribution in [3.05, 3.63) is 0 Å². The van der Waals surface area contributed by atoms with Gasteiger partial charge in [0.25, 0.3) is 0 Å². The second-order valence-electron chi connectivity index (χ2n) is 13.4. The Bertz CT molecular complexity index is 781. The summed E-state index contributed by atoms with van der Waals surface area (Å²) in [5, 5.41) is 0. The molecule has 37 heavy (non-hydrogen) atoms. The molecule has 6 atom stereocenters. The summed E-state index contributed by atoms with van der Waals surface area (Å²) in [4.78, 5) is 16.4. The van der Waals surface area contributed by atoms with E-state index in [2.05, 4.69) is 64.4 Å². The molecule has 0 radical (unpaired) electrons. The van der Waals surface area contributed by atoms with E-state index in [9.17, 15) is 0 Å². The maximum absolute atomic E-state index is 5.94. The number of morpholine rings is 1. The lowest BCUT2D eigenvalue weighted by Crippen LogP contribution is -2.74. The smallest absolute Gasteiger partial charge is 0.0674 e. The molecule has 0 bridgehead atoms. The number of nitrogens with zero attached hydrogens (tertiary/aromatic N) is 6. The maximum Gasteiger partial charge on any atom is 0.0674 e. The lowest BCUT2D eigenvalue weighted by atomic mass is 9.80. The third kappa shape index (κ3) is 5.25. The molecule has 6 aliphatic heterocycles.